The van der Waals surface area contributed by atoms with Crippen LogP contribution >= 0.6 is 0 Å². The van der Waals surface area contributed by atoms with Gasteiger partial charge >= 0.3 is 21.2 Å². The number of benzene rings is 2. The fourth-order valence-electron chi connectivity index (χ4n) is 1.62. The highest BCUT2D eigenvalue weighted by Gasteiger charge is 2.19. The predicted molar refractivity (Wildman–Crippen MR) is 73.3 cm³/mol. The molecule has 2 heteroatoms. The van der Waals surface area contributed by atoms with Crippen molar-refractivity contribution >= 4 is 13.3 Å². The minimum Gasteiger partial charge on any atom is -0.0656 e. The summed E-state index contributed by atoms with van der Waals surface area (Å²) in [6.45, 7) is 7.19. The molecule has 0 nitrogen and oxygen atoms in total. The van der Waals surface area contributed by atoms with Crippen molar-refractivity contribution in [3.8, 4) is 0 Å². The van der Waals surface area contributed by atoms with E-state index in [-0.39, 0.29) is 21.2 Å². The molecule has 2 aromatic rings. The van der Waals surface area contributed by atoms with Gasteiger partial charge in [0.15, 0.2) is 7.14 Å². The number of halogens is 1. The van der Waals surface area contributed by atoms with E-state index >= 15 is 0 Å². The summed E-state index contributed by atoms with van der Waals surface area (Å²) in [5.74, 6) is 0. The molecule has 17 heavy (non-hydrogen) atoms. The van der Waals surface area contributed by atoms with E-state index in [1.165, 1.54) is 7.14 Å². The van der Waals surface area contributed by atoms with Crippen molar-refractivity contribution in [2.75, 3.05) is 0 Å². The topological polar surface area (TPSA) is 0 Å². The van der Waals surface area contributed by atoms with E-state index in [1.54, 1.807) is 5.19 Å². The van der Waals surface area contributed by atoms with Crippen molar-refractivity contribution in [3.63, 3.8) is 0 Å². The van der Waals surface area contributed by atoms with Gasteiger partial charge in [-0.3, -0.25) is 0 Å². The Labute approximate surface area is 115 Å². The van der Waals surface area contributed by atoms with Crippen LogP contribution in [0.2, 0.25) is 19.6 Å². The quantitative estimate of drug-likeness (QED) is 0.552. The maximum Gasteiger partial charge on any atom is 0.357 e. The maximum absolute atomic E-state index is 2.40. The van der Waals surface area contributed by atoms with Crippen LogP contribution in [0.3, 0.4) is 0 Å². The molecule has 2 rings (SSSR count). The van der Waals surface area contributed by atoms with Gasteiger partial charge in [0.05, 0.1) is 8.07 Å². The summed E-state index contributed by atoms with van der Waals surface area (Å²) in [6, 6.07) is 20.1. The minimum absolute atomic E-state index is 0.00537. The molecule has 0 unspecified atom stereocenters. The lowest BCUT2D eigenvalue weighted by molar-refractivity contribution is -0.597. The number of hydrogen-bond acceptors (Lipinski definition) is 0. The molecule has 0 N–H and O–H groups in total. The molecule has 88 valence electrons. The SMILES string of the molecule is C[Si](C)(C)c1ccc([I+]c2ccccc2)cc1. The summed E-state index contributed by atoms with van der Waals surface area (Å²) >= 11 is -0.00537. The molecule has 0 aliphatic heterocycles. The first-order chi connectivity index (χ1) is 8.05. The Bertz CT molecular complexity index is 469. The predicted octanol–water partition coefficient (Wildman–Crippen LogP) is 0.360. The average molecular weight is 353 g/mol. The first-order valence-corrected chi connectivity index (χ1v) is 11.5. The lowest BCUT2D eigenvalue weighted by atomic mass is 10.4. The molecule has 0 aromatic heterocycles. The van der Waals surface area contributed by atoms with Gasteiger partial charge < -0.3 is 0 Å². The summed E-state index contributed by atoms with van der Waals surface area (Å²) in [7, 11) is -1.14. The third-order valence-corrected chi connectivity index (χ3v) is 7.41. The van der Waals surface area contributed by atoms with Crippen molar-refractivity contribution in [1.82, 2.24) is 0 Å². The zero-order chi connectivity index (χ0) is 12.3. The lowest BCUT2D eigenvalue weighted by Gasteiger charge is -2.15. The zero-order valence-electron chi connectivity index (χ0n) is 10.6. The van der Waals surface area contributed by atoms with E-state index in [9.17, 15) is 0 Å². The van der Waals surface area contributed by atoms with Gasteiger partial charge in [-0.2, -0.15) is 0 Å². The van der Waals surface area contributed by atoms with Gasteiger partial charge in [-0.15, -0.1) is 0 Å². The molecule has 0 saturated heterocycles. The highest BCUT2D eigenvalue weighted by molar-refractivity contribution is 6.88. The monoisotopic (exact) mass is 353 g/mol. The summed E-state index contributed by atoms with van der Waals surface area (Å²) in [4.78, 5) is 0. The van der Waals surface area contributed by atoms with Crippen LogP contribution in [-0.4, -0.2) is 8.07 Å². The summed E-state index contributed by atoms with van der Waals surface area (Å²) in [5.41, 5.74) is 0. The molecule has 2 aromatic carbocycles. The van der Waals surface area contributed by atoms with Crippen LogP contribution in [0.5, 0.6) is 0 Å². The minimum atomic E-state index is -1.14. The lowest BCUT2D eigenvalue weighted by Crippen LogP contribution is -3.61. The van der Waals surface area contributed by atoms with Crippen molar-refractivity contribution in [2.45, 2.75) is 19.6 Å². The molecule has 0 radical (unpaired) electrons. The molecule has 0 spiro atoms. The molecule has 0 heterocycles. The second-order valence-electron chi connectivity index (χ2n) is 5.15. The highest BCUT2D eigenvalue weighted by Crippen LogP contribution is 2.00. The molecular formula is C15H18ISi+. The molecule has 0 amide bonds. The summed E-state index contributed by atoms with van der Waals surface area (Å²) in [5, 5.41) is 1.55. The van der Waals surface area contributed by atoms with Gasteiger partial charge in [0.25, 0.3) is 0 Å². The first kappa shape index (κ1) is 12.8. The van der Waals surface area contributed by atoms with E-state index < -0.39 is 8.07 Å². The normalized spacial score (nSPS) is 11.5. The fourth-order valence-corrected chi connectivity index (χ4v) is 5.00. The summed E-state index contributed by atoms with van der Waals surface area (Å²) in [6.07, 6.45) is 0. The van der Waals surface area contributed by atoms with Gasteiger partial charge in [-0.1, -0.05) is 55.2 Å². The van der Waals surface area contributed by atoms with Crippen LogP contribution in [0.25, 0.3) is 0 Å². The van der Waals surface area contributed by atoms with Crippen LogP contribution in [-0.2, 0) is 0 Å². The van der Waals surface area contributed by atoms with E-state index in [2.05, 4.69) is 74.2 Å². The Morgan fingerprint density at radius 2 is 1.24 bits per heavy atom. The molecule has 0 aliphatic rings. The third-order valence-electron chi connectivity index (χ3n) is 2.66. The van der Waals surface area contributed by atoms with E-state index in [1.807, 2.05) is 0 Å². The average Bonchev–Trinajstić information content (AvgIpc) is 2.30. The number of hydrogen-bond donors (Lipinski definition) is 0. The van der Waals surface area contributed by atoms with Crippen LogP contribution in [0.15, 0.2) is 54.6 Å². The molecule has 0 saturated carbocycles. The fraction of sp³-hybridized carbons (Fsp3) is 0.200. The van der Waals surface area contributed by atoms with Gasteiger partial charge in [0, 0.05) is 0 Å². The summed E-state index contributed by atoms with van der Waals surface area (Å²) < 4.78 is 3.00. The highest BCUT2D eigenvalue weighted by atomic mass is 127. The number of rotatable bonds is 3. The van der Waals surface area contributed by atoms with E-state index in [0.717, 1.165) is 0 Å². The maximum atomic E-state index is 2.40. The third kappa shape index (κ3) is 3.68. The van der Waals surface area contributed by atoms with Crippen molar-refractivity contribution in [3.05, 3.63) is 61.7 Å². The van der Waals surface area contributed by atoms with Crippen molar-refractivity contribution in [1.29, 1.82) is 0 Å². The first-order valence-electron chi connectivity index (χ1n) is 5.86. The van der Waals surface area contributed by atoms with Crippen LogP contribution in [0, 0.1) is 7.14 Å². The molecular weight excluding hydrogens is 335 g/mol. The second kappa shape index (κ2) is 5.36. The standard InChI is InChI=1S/C15H18ISi/c1-17(2,3)15-11-9-14(10-12-15)16-13-7-5-4-6-8-13/h4-12H,1-3H3/q+1. The molecule has 0 atom stereocenters. The largest absolute Gasteiger partial charge is 0.357 e. The van der Waals surface area contributed by atoms with Crippen molar-refractivity contribution in [2.24, 2.45) is 0 Å². The van der Waals surface area contributed by atoms with Gasteiger partial charge in [0.2, 0.25) is 0 Å². The molecule has 0 aliphatic carbocycles. The van der Waals surface area contributed by atoms with Gasteiger partial charge in [-0.05, 0) is 24.3 Å². The van der Waals surface area contributed by atoms with Crippen molar-refractivity contribution < 1.29 is 21.2 Å². The van der Waals surface area contributed by atoms with Crippen LogP contribution < -0.4 is 26.4 Å². The molecule has 0 fully saturated rings. The Morgan fingerprint density at radius 3 is 1.76 bits per heavy atom. The van der Waals surface area contributed by atoms with E-state index in [4.69, 9.17) is 0 Å². The Hall–Kier alpha value is -0.613. The second-order valence-corrected chi connectivity index (χ2v) is 13.3. The van der Waals surface area contributed by atoms with Crippen LogP contribution in [0.4, 0.5) is 0 Å². The van der Waals surface area contributed by atoms with Gasteiger partial charge in [-0.25, -0.2) is 0 Å². The van der Waals surface area contributed by atoms with Crippen LogP contribution in [0.1, 0.15) is 0 Å². The Morgan fingerprint density at radius 1 is 0.706 bits per heavy atom. The Kier molecular flexibility index (Phi) is 4.04. The molecule has 0 bridgehead atoms. The van der Waals surface area contributed by atoms with E-state index in [0.29, 0.717) is 0 Å². The smallest absolute Gasteiger partial charge is 0.0656 e. The van der Waals surface area contributed by atoms with Gasteiger partial charge in [0.1, 0.15) is 0 Å². The zero-order valence-corrected chi connectivity index (χ0v) is 13.7. The Balaban J connectivity index is 2.14.